The monoisotopic (exact) mass is 236 g/mol. The molecule has 0 radical (unpaired) electrons. The highest BCUT2D eigenvalue weighted by atomic mass is 35.5. The van der Waals surface area contributed by atoms with Gasteiger partial charge in [-0.15, -0.1) is 0 Å². The lowest BCUT2D eigenvalue weighted by Crippen LogP contribution is -2.47. The number of esters is 1. The van der Waals surface area contributed by atoms with Crippen molar-refractivity contribution in [3.63, 3.8) is 0 Å². The van der Waals surface area contributed by atoms with Crippen molar-refractivity contribution in [2.75, 3.05) is 27.4 Å². The molecule has 2 aliphatic heterocycles. The Kier molecular flexibility index (Phi) is 2.66. The molecule has 0 N–H and O–H groups in total. The lowest BCUT2D eigenvalue weighted by atomic mass is 9.92. The van der Waals surface area contributed by atoms with Crippen LogP contribution in [0.4, 0.5) is 0 Å². The third-order valence-electron chi connectivity index (χ3n) is 2.96. The van der Waals surface area contributed by atoms with E-state index in [2.05, 4.69) is 4.74 Å². The average Bonchev–Trinajstić information content (AvgIpc) is 2.85. The molecule has 86 valence electrons. The third kappa shape index (κ3) is 1.38. The normalized spacial score (nSPS) is 44.1. The van der Waals surface area contributed by atoms with Crippen molar-refractivity contribution in [3.8, 4) is 0 Å². The Hall–Kier alpha value is -0.360. The molecule has 5 nitrogen and oxygen atoms in total. The van der Waals surface area contributed by atoms with Crippen LogP contribution in [-0.4, -0.2) is 50.2 Å². The van der Waals surface area contributed by atoms with Gasteiger partial charge in [0.25, 0.3) is 5.06 Å². The highest BCUT2D eigenvalue weighted by Gasteiger charge is 2.79. The standard InChI is InChI=1S/C9H13ClO5/c1-12-6-5-14-4-3-8(6)9(10,15-8)7(11)13-2/h6H,3-5H2,1-2H3. The van der Waals surface area contributed by atoms with Crippen LogP contribution in [0.1, 0.15) is 6.42 Å². The molecule has 0 aromatic rings. The zero-order valence-corrected chi connectivity index (χ0v) is 9.37. The summed E-state index contributed by atoms with van der Waals surface area (Å²) in [6.45, 7) is 0.882. The molecule has 2 saturated heterocycles. The number of alkyl halides is 1. The van der Waals surface area contributed by atoms with Crippen molar-refractivity contribution in [1.82, 2.24) is 0 Å². The predicted octanol–water partition coefficient (Wildman–Crippen LogP) is 0.299. The third-order valence-corrected chi connectivity index (χ3v) is 3.52. The van der Waals surface area contributed by atoms with E-state index in [1.807, 2.05) is 0 Å². The van der Waals surface area contributed by atoms with Crippen LogP contribution in [0.2, 0.25) is 0 Å². The second-order valence-electron chi connectivity index (χ2n) is 3.63. The lowest BCUT2D eigenvalue weighted by molar-refractivity contribution is -0.144. The summed E-state index contributed by atoms with van der Waals surface area (Å²) in [4.78, 5) is 11.5. The molecule has 0 aromatic carbocycles. The molecule has 6 heteroatoms. The largest absolute Gasteiger partial charge is 0.466 e. The van der Waals surface area contributed by atoms with Gasteiger partial charge in [-0.05, 0) is 0 Å². The molecule has 0 aromatic heterocycles. The van der Waals surface area contributed by atoms with Gasteiger partial charge in [0.1, 0.15) is 6.10 Å². The number of carbonyl (C=O) groups is 1. The SMILES string of the molecule is COC(=O)C1(Cl)OC12CCOCC2OC. The number of hydrogen-bond acceptors (Lipinski definition) is 5. The summed E-state index contributed by atoms with van der Waals surface area (Å²) in [6, 6.07) is 0. The second-order valence-corrected chi connectivity index (χ2v) is 4.16. The smallest absolute Gasteiger partial charge is 0.357 e. The van der Waals surface area contributed by atoms with Crippen molar-refractivity contribution in [2.24, 2.45) is 0 Å². The number of rotatable bonds is 2. The first-order valence-electron chi connectivity index (χ1n) is 4.69. The van der Waals surface area contributed by atoms with E-state index < -0.39 is 16.6 Å². The Balaban J connectivity index is 2.18. The Labute approximate surface area is 92.6 Å². The predicted molar refractivity (Wildman–Crippen MR) is 50.6 cm³/mol. The fourth-order valence-electron chi connectivity index (χ4n) is 2.02. The molecule has 2 aliphatic rings. The molecule has 1 spiro atoms. The number of epoxide rings is 1. The summed E-state index contributed by atoms with van der Waals surface area (Å²) in [5, 5.41) is -1.40. The summed E-state index contributed by atoms with van der Waals surface area (Å²) in [6.07, 6.45) is 0.201. The van der Waals surface area contributed by atoms with E-state index in [4.69, 9.17) is 25.8 Å². The topological polar surface area (TPSA) is 57.3 Å². The number of ether oxygens (including phenoxy) is 4. The number of carbonyl (C=O) groups excluding carboxylic acids is 1. The van der Waals surface area contributed by atoms with Gasteiger partial charge in [0, 0.05) is 20.1 Å². The van der Waals surface area contributed by atoms with E-state index in [-0.39, 0.29) is 6.10 Å². The molecule has 0 aliphatic carbocycles. The first-order chi connectivity index (χ1) is 7.10. The summed E-state index contributed by atoms with van der Waals surface area (Å²) < 4.78 is 20.4. The van der Waals surface area contributed by atoms with Gasteiger partial charge in [-0.3, -0.25) is 0 Å². The fraction of sp³-hybridized carbons (Fsp3) is 0.889. The summed E-state index contributed by atoms with van der Waals surface area (Å²) in [5.41, 5.74) is -0.783. The molecule has 2 heterocycles. The lowest BCUT2D eigenvalue weighted by Gasteiger charge is -2.28. The van der Waals surface area contributed by atoms with Crippen LogP contribution in [0.15, 0.2) is 0 Å². The van der Waals surface area contributed by atoms with Crippen LogP contribution >= 0.6 is 11.6 Å². The zero-order valence-electron chi connectivity index (χ0n) is 8.62. The number of hydrogen-bond donors (Lipinski definition) is 0. The molecule has 2 rings (SSSR count). The van der Waals surface area contributed by atoms with Crippen LogP contribution < -0.4 is 0 Å². The van der Waals surface area contributed by atoms with Crippen LogP contribution in [0.3, 0.4) is 0 Å². The van der Waals surface area contributed by atoms with Crippen LogP contribution in [0.25, 0.3) is 0 Å². The van der Waals surface area contributed by atoms with Crippen LogP contribution in [0.5, 0.6) is 0 Å². The minimum Gasteiger partial charge on any atom is -0.466 e. The average molecular weight is 237 g/mol. The van der Waals surface area contributed by atoms with Crippen molar-refractivity contribution in [2.45, 2.75) is 23.2 Å². The maximum atomic E-state index is 11.5. The highest BCUT2D eigenvalue weighted by Crippen LogP contribution is 2.58. The van der Waals surface area contributed by atoms with Gasteiger partial charge in [-0.25, -0.2) is 4.79 Å². The van der Waals surface area contributed by atoms with Gasteiger partial charge in [0.2, 0.25) is 0 Å². The van der Waals surface area contributed by atoms with Gasteiger partial charge in [-0.1, -0.05) is 11.6 Å². The van der Waals surface area contributed by atoms with Gasteiger partial charge >= 0.3 is 5.97 Å². The Morgan fingerprint density at radius 2 is 2.27 bits per heavy atom. The van der Waals surface area contributed by atoms with E-state index in [0.717, 1.165) is 0 Å². The van der Waals surface area contributed by atoms with Crippen molar-refractivity contribution < 1.29 is 23.7 Å². The van der Waals surface area contributed by atoms with Gasteiger partial charge in [0.05, 0.1) is 13.7 Å². The first kappa shape index (κ1) is 11.1. The number of methoxy groups -OCH3 is 2. The first-order valence-corrected chi connectivity index (χ1v) is 5.06. The molecule has 0 saturated carbocycles. The molecule has 15 heavy (non-hydrogen) atoms. The van der Waals surface area contributed by atoms with E-state index in [1.54, 1.807) is 0 Å². The van der Waals surface area contributed by atoms with Crippen molar-refractivity contribution in [1.29, 1.82) is 0 Å². The van der Waals surface area contributed by atoms with E-state index in [1.165, 1.54) is 14.2 Å². The van der Waals surface area contributed by atoms with Crippen molar-refractivity contribution >= 4 is 17.6 Å². The zero-order chi connectivity index (χ0) is 11.1. The van der Waals surface area contributed by atoms with E-state index in [0.29, 0.717) is 19.6 Å². The minimum absolute atomic E-state index is 0.331. The van der Waals surface area contributed by atoms with Gasteiger partial charge in [0.15, 0.2) is 5.60 Å². The number of halogens is 1. The molecule has 3 atom stereocenters. The molecule has 2 fully saturated rings. The van der Waals surface area contributed by atoms with E-state index >= 15 is 0 Å². The quantitative estimate of drug-likeness (QED) is 0.392. The van der Waals surface area contributed by atoms with Crippen molar-refractivity contribution in [3.05, 3.63) is 0 Å². The van der Waals surface area contributed by atoms with Gasteiger partial charge in [-0.2, -0.15) is 0 Å². The molecule has 0 amide bonds. The Bertz CT molecular complexity index is 284. The molecule has 3 unspecified atom stereocenters. The molecular weight excluding hydrogens is 224 g/mol. The fourth-order valence-corrected chi connectivity index (χ4v) is 2.45. The Morgan fingerprint density at radius 3 is 2.87 bits per heavy atom. The van der Waals surface area contributed by atoms with Crippen LogP contribution in [0, 0.1) is 0 Å². The second kappa shape index (κ2) is 3.59. The maximum absolute atomic E-state index is 11.5. The molecule has 0 bridgehead atoms. The van der Waals surface area contributed by atoms with E-state index in [9.17, 15) is 4.79 Å². The van der Waals surface area contributed by atoms with Crippen LogP contribution in [-0.2, 0) is 23.7 Å². The maximum Gasteiger partial charge on any atom is 0.357 e. The Morgan fingerprint density at radius 1 is 1.53 bits per heavy atom. The summed E-state index contributed by atoms with van der Waals surface area (Å²) in [7, 11) is 2.82. The summed E-state index contributed by atoms with van der Waals surface area (Å²) in [5.74, 6) is -0.576. The minimum atomic E-state index is -1.40. The van der Waals surface area contributed by atoms with Gasteiger partial charge < -0.3 is 18.9 Å². The molecular formula is C9H13ClO5. The highest BCUT2D eigenvalue weighted by molar-refractivity contribution is 6.36. The summed E-state index contributed by atoms with van der Waals surface area (Å²) >= 11 is 6.07.